The van der Waals surface area contributed by atoms with Crippen LogP contribution in [0.4, 0.5) is 0 Å². The predicted molar refractivity (Wildman–Crippen MR) is 74.8 cm³/mol. The van der Waals surface area contributed by atoms with Gasteiger partial charge in [0.15, 0.2) is 0 Å². The molecule has 2 aliphatic carbocycles. The topological polar surface area (TPSA) is 26.0 Å². The summed E-state index contributed by atoms with van der Waals surface area (Å²) >= 11 is 0. The van der Waals surface area contributed by atoms with E-state index in [2.05, 4.69) is 27.7 Å². The van der Waals surface area contributed by atoms with Crippen molar-refractivity contribution in [2.45, 2.75) is 72.3 Å². The van der Waals surface area contributed by atoms with Crippen LogP contribution in [0.5, 0.6) is 0 Å². The van der Waals surface area contributed by atoms with Crippen LogP contribution in [-0.2, 0) is 0 Å². The fraction of sp³-hybridized carbons (Fsp3) is 1.00. The van der Waals surface area contributed by atoms with Gasteiger partial charge in [0.05, 0.1) is 0 Å². The minimum atomic E-state index is 0.461. The van der Waals surface area contributed by atoms with E-state index in [-0.39, 0.29) is 0 Å². The van der Waals surface area contributed by atoms with E-state index in [1.807, 2.05) is 0 Å². The molecule has 5 atom stereocenters. The lowest BCUT2D eigenvalue weighted by atomic mass is 9.67. The van der Waals surface area contributed by atoms with Crippen LogP contribution in [0.3, 0.4) is 0 Å². The van der Waals surface area contributed by atoms with Crippen LogP contribution in [0.2, 0.25) is 0 Å². The number of hydrogen-bond acceptors (Lipinski definition) is 1. The Morgan fingerprint density at radius 1 is 1.06 bits per heavy atom. The van der Waals surface area contributed by atoms with Crippen molar-refractivity contribution in [1.82, 2.24) is 0 Å². The summed E-state index contributed by atoms with van der Waals surface area (Å²) < 4.78 is 0. The summed E-state index contributed by atoms with van der Waals surface area (Å²) in [6, 6.07) is 0.461. The molecular formula is C16H31N. The van der Waals surface area contributed by atoms with Crippen LogP contribution >= 0.6 is 0 Å². The summed E-state index contributed by atoms with van der Waals surface area (Å²) in [6.45, 7) is 9.69. The second-order valence-corrected chi connectivity index (χ2v) is 7.59. The summed E-state index contributed by atoms with van der Waals surface area (Å²) in [5.74, 6) is 3.36. The van der Waals surface area contributed by atoms with Gasteiger partial charge in [-0.2, -0.15) is 0 Å². The average Bonchev–Trinajstić information content (AvgIpc) is 2.61. The quantitative estimate of drug-likeness (QED) is 0.765. The lowest BCUT2D eigenvalue weighted by Gasteiger charge is -2.41. The molecule has 2 N–H and O–H groups in total. The number of rotatable bonds is 2. The summed E-state index contributed by atoms with van der Waals surface area (Å²) in [6.07, 6.45) is 8.28. The second-order valence-electron chi connectivity index (χ2n) is 7.59. The third kappa shape index (κ3) is 2.70. The summed E-state index contributed by atoms with van der Waals surface area (Å²) in [7, 11) is 0. The van der Waals surface area contributed by atoms with Gasteiger partial charge < -0.3 is 5.73 Å². The monoisotopic (exact) mass is 237 g/mol. The Labute approximate surface area is 108 Å². The van der Waals surface area contributed by atoms with Gasteiger partial charge in [0, 0.05) is 6.04 Å². The molecule has 0 aromatic carbocycles. The standard InChI is InChI=1S/C16H31N/c1-11-7-8-13(10-12(11)2)15(17)14-6-5-9-16(14,3)4/h11-15H,5-10,17H2,1-4H3. The molecule has 0 saturated heterocycles. The van der Waals surface area contributed by atoms with Gasteiger partial charge in [0.2, 0.25) is 0 Å². The fourth-order valence-corrected chi connectivity index (χ4v) is 4.33. The first-order chi connectivity index (χ1) is 7.92. The van der Waals surface area contributed by atoms with Crippen molar-refractivity contribution in [3.8, 4) is 0 Å². The van der Waals surface area contributed by atoms with Crippen molar-refractivity contribution in [3.05, 3.63) is 0 Å². The molecule has 2 aliphatic rings. The molecule has 0 aromatic heterocycles. The highest BCUT2D eigenvalue weighted by molar-refractivity contribution is 4.95. The van der Waals surface area contributed by atoms with Gasteiger partial charge in [-0.25, -0.2) is 0 Å². The molecule has 2 rings (SSSR count). The third-order valence-electron chi connectivity index (χ3n) is 5.99. The Morgan fingerprint density at radius 3 is 2.29 bits per heavy atom. The second kappa shape index (κ2) is 4.91. The molecule has 0 aliphatic heterocycles. The molecule has 1 heteroatoms. The van der Waals surface area contributed by atoms with E-state index in [9.17, 15) is 0 Å². The highest BCUT2D eigenvalue weighted by Gasteiger charge is 2.41. The van der Waals surface area contributed by atoms with Crippen LogP contribution in [0.25, 0.3) is 0 Å². The lowest BCUT2D eigenvalue weighted by molar-refractivity contribution is 0.120. The van der Waals surface area contributed by atoms with E-state index >= 15 is 0 Å². The van der Waals surface area contributed by atoms with Gasteiger partial charge in [0.1, 0.15) is 0 Å². The van der Waals surface area contributed by atoms with Crippen LogP contribution in [0.1, 0.15) is 66.2 Å². The van der Waals surface area contributed by atoms with Crippen molar-refractivity contribution in [2.75, 3.05) is 0 Å². The molecule has 0 radical (unpaired) electrons. The van der Waals surface area contributed by atoms with Gasteiger partial charge in [-0.1, -0.05) is 40.5 Å². The maximum absolute atomic E-state index is 6.64. The minimum Gasteiger partial charge on any atom is -0.327 e. The van der Waals surface area contributed by atoms with E-state index in [4.69, 9.17) is 5.73 Å². The molecule has 5 unspecified atom stereocenters. The zero-order valence-corrected chi connectivity index (χ0v) is 12.2. The van der Waals surface area contributed by atoms with Crippen molar-refractivity contribution in [1.29, 1.82) is 0 Å². The Morgan fingerprint density at radius 2 is 1.76 bits per heavy atom. The molecule has 0 heterocycles. The fourth-order valence-electron chi connectivity index (χ4n) is 4.33. The van der Waals surface area contributed by atoms with Crippen molar-refractivity contribution in [2.24, 2.45) is 34.8 Å². The van der Waals surface area contributed by atoms with Crippen molar-refractivity contribution >= 4 is 0 Å². The lowest BCUT2D eigenvalue weighted by Crippen LogP contribution is -2.44. The van der Waals surface area contributed by atoms with Gasteiger partial charge >= 0.3 is 0 Å². The third-order valence-corrected chi connectivity index (χ3v) is 5.99. The van der Waals surface area contributed by atoms with Gasteiger partial charge in [-0.05, 0) is 54.8 Å². The number of hydrogen-bond donors (Lipinski definition) is 1. The minimum absolute atomic E-state index is 0.461. The normalized spacial score (nSPS) is 43.6. The first-order valence-corrected chi connectivity index (χ1v) is 7.67. The van der Waals surface area contributed by atoms with E-state index in [0.29, 0.717) is 11.5 Å². The zero-order chi connectivity index (χ0) is 12.6. The van der Waals surface area contributed by atoms with Crippen LogP contribution in [-0.4, -0.2) is 6.04 Å². The molecule has 2 fully saturated rings. The van der Waals surface area contributed by atoms with Crippen LogP contribution in [0, 0.1) is 29.1 Å². The Bertz CT molecular complexity index is 258. The molecule has 0 aromatic rings. The first kappa shape index (κ1) is 13.4. The molecule has 0 bridgehead atoms. The molecule has 17 heavy (non-hydrogen) atoms. The molecule has 100 valence electrons. The van der Waals surface area contributed by atoms with E-state index in [1.54, 1.807) is 0 Å². The summed E-state index contributed by atoms with van der Waals surface area (Å²) in [4.78, 5) is 0. The van der Waals surface area contributed by atoms with Crippen LogP contribution < -0.4 is 5.73 Å². The SMILES string of the molecule is CC1CCC(C(N)C2CCCC2(C)C)CC1C. The smallest absolute Gasteiger partial charge is 0.0101 e. The van der Waals surface area contributed by atoms with Gasteiger partial charge in [-0.3, -0.25) is 0 Å². The highest BCUT2D eigenvalue weighted by Crippen LogP contribution is 2.47. The molecular weight excluding hydrogens is 206 g/mol. The zero-order valence-electron chi connectivity index (χ0n) is 12.2. The number of nitrogens with two attached hydrogens (primary N) is 1. The summed E-state index contributed by atoms with van der Waals surface area (Å²) in [5, 5.41) is 0. The maximum atomic E-state index is 6.64. The van der Waals surface area contributed by atoms with Gasteiger partial charge in [-0.15, -0.1) is 0 Å². The molecule has 2 saturated carbocycles. The summed E-state index contributed by atoms with van der Waals surface area (Å²) in [5.41, 5.74) is 7.13. The van der Waals surface area contributed by atoms with E-state index in [0.717, 1.165) is 23.7 Å². The Hall–Kier alpha value is -0.0400. The maximum Gasteiger partial charge on any atom is 0.0101 e. The predicted octanol–water partition coefficient (Wildman–Crippen LogP) is 4.21. The Kier molecular flexibility index (Phi) is 3.87. The average molecular weight is 237 g/mol. The largest absolute Gasteiger partial charge is 0.327 e. The molecule has 0 amide bonds. The Balaban J connectivity index is 1.98. The van der Waals surface area contributed by atoms with Crippen molar-refractivity contribution in [3.63, 3.8) is 0 Å². The van der Waals surface area contributed by atoms with E-state index in [1.165, 1.54) is 38.5 Å². The van der Waals surface area contributed by atoms with E-state index < -0.39 is 0 Å². The van der Waals surface area contributed by atoms with Gasteiger partial charge in [0.25, 0.3) is 0 Å². The first-order valence-electron chi connectivity index (χ1n) is 7.67. The molecule has 1 nitrogen and oxygen atoms in total. The van der Waals surface area contributed by atoms with Crippen LogP contribution in [0.15, 0.2) is 0 Å². The van der Waals surface area contributed by atoms with Crippen molar-refractivity contribution < 1.29 is 0 Å². The molecule has 0 spiro atoms. The highest BCUT2D eigenvalue weighted by atomic mass is 14.7.